The monoisotopic (exact) mass is 232 g/mol. The van der Waals surface area contributed by atoms with Crippen molar-refractivity contribution in [2.75, 3.05) is 0 Å². The first-order valence-electron chi connectivity index (χ1n) is 5.84. The Hall–Kier alpha value is -1.77. The fourth-order valence-electron chi connectivity index (χ4n) is 1.26. The molecular weight excluding hydrogens is 212 g/mol. The number of aryl methyl sites for hydroxylation is 1. The van der Waals surface area contributed by atoms with Gasteiger partial charge in [-0.25, -0.2) is 4.79 Å². The predicted octanol–water partition coefficient (Wildman–Crippen LogP) is 2.96. The Morgan fingerprint density at radius 3 is 2.53 bits per heavy atom. The Morgan fingerprint density at radius 1 is 1.29 bits per heavy atom. The van der Waals surface area contributed by atoms with Gasteiger partial charge in [-0.05, 0) is 18.4 Å². The van der Waals surface area contributed by atoms with Crippen LogP contribution in [0.25, 0.3) is 0 Å². The average Bonchev–Trinajstić information content (AvgIpc) is 2.28. The average molecular weight is 232 g/mol. The Kier molecular flexibility index (Phi) is 5.27. The molecular formula is C14H20N2O. The van der Waals surface area contributed by atoms with E-state index in [2.05, 4.69) is 24.5 Å². The molecule has 0 aliphatic carbocycles. The Bertz CT molecular complexity index is 380. The molecule has 1 aromatic carbocycles. The summed E-state index contributed by atoms with van der Waals surface area (Å²) in [6.45, 7) is 6.70. The highest BCUT2D eigenvalue weighted by molar-refractivity contribution is 5.74. The van der Waals surface area contributed by atoms with E-state index in [1.54, 1.807) is 6.20 Å². The summed E-state index contributed by atoms with van der Waals surface area (Å²) in [5.41, 5.74) is 2.32. The summed E-state index contributed by atoms with van der Waals surface area (Å²) in [5, 5.41) is 5.46. The molecule has 0 atom stereocenters. The molecule has 0 bridgehead atoms. The van der Waals surface area contributed by atoms with E-state index in [4.69, 9.17) is 0 Å². The number of carbonyl (C=O) groups is 1. The van der Waals surface area contributed by atoms with Crippen LogP contribution in [-0.2, 0) is 6.54 Å². The predicted molar refractivity (Wildman–Crippen MR) is 70.5 cm³/mol. The van der Waals surface area contributed by atoms with Gasteiger partial charge in [-0.15, -0.1) is 0 Å². The van der Waals surface area contributed by atoms with Crippen LogP contribution in [0.4, 0.5) is 4.79 Å². The topological polar surface area (TPSA) is 41.1 Å². The number of allylic oxidation sites excluding steroid dienone is 1. The van der Waals surface area contributed by atoms with Crippen molar-refractivity contribution in [3.63, 3.8) is 0 Å². The van der Waals surface area contributed by atoms with Gasteiger partial charge in [0.1, 0.15) is 0 Å². The highest BCUT2D eigenvalue weighted by Crippen LogP contribution is 2.02. The fourth-order valence-corrected chi connectivity index (χ4v) is 1.26. The zero-order valence-electron chi connectivity index (χ0n) is 10.7. The molecule has 92 valence electrons. The van der Waals surface area contributed by atoms with Crippen LogP contribution in [0.15, 0.2) is 36.5 Å². The van der Waals surface area contributed by atoms with E-state index in [0.717, 1.165) is 5.56 Å². The zero-order valence-corrected chi connectivity index (χ0v) is 10.7. The zero-order chi connectivity index (χ0) is 12.7. The molecule has 3 heteroatoms. The van der Waals surface area contributed by atoms with E-state index in [0.29, 0.717) is 12.5 Å². The van der Waals surface area contributed by atoms with Crippen molar-refractivity contribution in [1.29, 1.82) is 0 Å². The molecule has 1 rings (SSSR count). The van der Waals surface area contributed by atoms with Gasteiger partial charge in [0.05, 0.1) is 0 Å². The van der Waals surface area contributed by atoms with E-state index < -0.39 is 0 Å². The minimum Gasteiger partial charge on any atom is -0.334 e. The van der Waals surface area contributed by atoms with Crippen LogP contribution < -0.4 is 10.6 Å². The maximum Gasteiger partial charge on any atom is 0.319 e. The third kappa shape index (κ3) is 5.76. The summed E-state index contributed by atoms with van der Waals surface area (Å²) in [4.78, 5) is 11.4. The normalized spacial score (nSPS) is 10.8. The number of amides is 2. The number of carbonyl (C=O) groups excluding carboxylic acids is 1. The van der Waals surface area contributed by atoms with Crippen molar-refractivity contribution in [3.05, 3.63) is 47.7 Å². The maximum atomic E-state index is 11.4. The Morgan fingerprint density at radius 2 is 1.94 bits per heavy atom. The minimum atomic E-state index is -0.178. The molecule has 17 heavy (non-hydrogen) atoms. The summed E-state index contributed by atoms with van der Waals surface area (Å²) in [5.74, 6) is 0.437. The standard InChI is InChI=1S/C14H20N2O/c1-11(2)8-9-15-14(17)16-10-13-6-4-12(3)5-7-13/h4-9,11H,10H2,1-3H3,(H2,15,16,17)/b9-8+. The largest absolute Gasteiger partial charge is 0.334 e. The quantitative estimate of drug-likeness (QED) is 0.823. The highest BCUT2D eigenvalue weighted by atomic mass is 16.2. The molecule has 0 fully saturated rings. The summed E-state index contributed by atoms with van der Waals surface area (Å²) in [6.07, 6.45) is 3.61. The molecule has 2 amide bonds. The summed E-state index contributed by atoms with van der Waals surface area (Å²) >= 11 is 0. The molecule has 0 heterocycles. The summed E-state index contributed by atoms with van der Waals surface area (Å²) < 4.78 is 0. The van der Waals surface area contributed by atoms with Crippen LogP contribution >= 0.6 is 0 Å². The first kappa shape index (κ1) is 13.3. The van der Waals surface area contributed by atoms with Gasteiger partial charge < -0.3 is 10.6 Å². The fraction of sp³-hybridized carbons (Fsp3) is 0.357. The van der Waals surface area contributed by atoms with E-state index >= 15 is 0 Å². The van der Waals surface area contributed by atoms with Gasteiger partial charge in [-0.2, -0.15) is 0 Å². The minimum absolute atomic E-state index is 0.178. The highest BCUT2D eigenvalue weighted by Gasteiger charge is 1.97. The van der Waals surface area contributed by atoms with Crippen molar-refractivity contribution in [2.45, 2.75) is 27.3 Å². The Labute approximate surface area is 103 Å². The smallest absolute Gasteiger partial charge is 0.319 e. The van der Waals surface area contributed by atoms with Gasteiger partial charge in [0, 0.05) is 12.7 Å². The van der Waals surface area contributed by atoms with Crippen LogP contribution in [0.2, 0.25) is 0 Å². The second kappa shape index (κ2) is 6.74. The third-order valence-corrected chi connectivity index (χ3v) is 2.27. The van der Waals surface area contributed by atoms with Crippen molar-refractivity contribution >= 4 is 6.03 Å². The molecule has 0 saturated carbocycles. The Balaban J connectivity index is 2.31. The SMILES string of the molecule is Cc1ccc(CNC(=O)N/C=C/C(C)C)cc1. The molecule has 2 N–H and O–H groups in total. The van der Waals surface area contributed by atoms with Crippen molar-refractivity contribution in [2.24, 2.45) is 5.92 Å². The lowest BCUT2D eigenvalue weighted by atomic mass is 10.1. The number of urea groups is 1. The lowest BCUT2D eigenvalue weighted by molar-refractivity contribution is 0.243. The van der Waals surface area contributed by atoms with Gasteiger partial charge in [0.2, 0.25) is 0 Å². The van der Waals surface area contributed by atoms with Gasteiger partial charge in [0.25, 0.3) is 0 Å². The van der Waals surface area contributed by atoms with Gasteiger partial charge in [-0.1, -0.05) is 49.8 Å². The van der Waals surface area contributed by atoms with Crippen LogP contribution in [-0.4, -0.2) is 6.03 Å². The molecule has 0 saturated heterocycles. The van der Waals surface area contributed by atoms with Gasteiger partial charge in [0.15, 0.2) is 0 Å². The van der Waals surface area contributed by atoms with Crippen LogP contribution in [0.5, 0.6) is 0 Å². The second-order valence-corrected chi connectivity index (χ2v) is 4.42. The van der Waals surface area contributed by atoms with E-state index in [9.17, 15) is 4.79 Å². The maximum absolute atomic E-state index is 11.4. The lowest BCUT2D eigenvalue weighted by Crippen LogP contribution is -2.31. The molecule has 0 aliphatic rings. The molecule has 0 aliphatic heterocycles. The summed E-state index contributed by atoms with van der Waals surface area (Å²) in [7, 11) is 0. The lowest BCUT2D eigenvalue weighted by Gasteiger charge is -2.05. The molecule has 1 aromatic rings. The molecule has 0 radical (unpaired) electrons. The van der Waals surface area contributed by atoms with Gasteiger partial charge >= 0.3 is 6.03 Å². The molecule has 0 aromatic heterocycles. The van der Waals surface area contributed by atoms with Crippen LogP contribution in [0.3, 0.4) is 0 Å². The van der Waals surface area contributed by atoms with Crippen molar-refractivity contribution in [3.8, 4) is 0 Å². The number of hydrogen-bond donors (Lipinski definition) is 2. The van der Waals surface area contributed by atoms with Crippen molar-refractivity contribution in [1.82, 2.24) is 10.6 Å². The van der Waals surface area contributed by atoms with Gasteiger partial charge in [-0.3, -0.25) is 0 Å². The first-order valence-corrected chi connectivity index (χ1v) is 5.84. The number of nitrogens with one attached hydrogen (secondary N) is 2. The van der Waals surface area contributed by atoms with Crippen molar-refractivity contribution < 1.29 is 4.79 Å². The van der Waals surface area contributed by atoms with E-state index in [-0.39, 0.29) is 6.03 Å². The first-order chi connectivity index (χ1) is 8.08. The molecule has 3 nitrogen and oxygen atoms in total. The molecule has 0 unspecified atom stereocenters. The number of rotatable bonds is 4. The molecule has 0 spiro atoms. The second-order valence-electron chi connectivity index (χ2n) is 4.42. The van der Waals surface area contributed by atoms with Crippen LogP contribution in [0.1, 0.15) is 25.0 Å². The van der Waals surface area contributed by atoms with E-state index in [1.165, 1.54) is 5.56 Å². The third-order valence-electron chi connectivity index (χ3n) is 2.27. The summed E-state index contributed by atoms with van der Waals surface area (Å²) in [6, 6.07) is 7.92. The number of benzene rings is 1. The van der Waals surface area contributed by atoms with Crippen LogP contribution in [0, 0.1) is 12.8 Å². The van der Waals surface area contributed by atoms with E-state index in [1.807, 2.05) is 37.3 Å². The number of hydrogen-bond acceptors (Lipinski definition) is 1.